The van der Waals surface area contributed by atoms with Gasteiger partial charge in [-0.25, -0.2) is 0 Å². The van der Waals surface area contributed by atoms with Crippen LogP contribution in [0.15, 0.2) is 18.2 Å². The van der Waals surface area contributed by atoms with Gasteiger partial charge in [0.1, 0.15) is 17.4 Å². The van der Waals surface area contributed by atoms with E-state index < -0.39 is 36.7 Å². The van der Waals surface area contributed by atoms with E-state index in [4.69, 9.17) is 16.3 Å². The molecule has 10 heteroatoms. The topological polar surface area (TPSA) is 78.7 Å². The zero-order chi connectivity index (χ0) is 16.0. The predicted octanol–water partition coefficient (Wildman–Crippen LogP) is 3.12. The Hall–Kier alpha value is -1.87. The maximum Gasteiger partial charge on any atom is 0.411 e. The van der Waals surface area contributed by atoms with Crippen LogP contribution in [0.4, 0.5) is 18.9 Å². The fourth-order valence-electron chi connectivity index (χ4n) is 1.23. The van der Waals surface area contributed by atoms with E-state index in [1.54, 1.807) is 0 Å². The number of carbonyl (C=O) groups excluding carboxylic acids is 1. The number of benzene rings is 1. The van der Waals surface area contributed by atoms with Crippen LogP contribution in [-0.2, 0) is 9.53 Å². The summed E-state index contributed by atoms with van der Waals surface area (Å²) in [6, 6.07) is 3.26. The molecular formula is C11H9ClF3NO5. The van der Waals surface area contributed by atoms with Crippen molar-refractivity contribution < 1.29 is 32.4 Å². The number of halogens is 4. The summed E-state index contributed by atoms with van der Waals surface area (Å²) in [5, 5.41) is 10.3. The lowest BCUT2D eigenvalue weighted by atomic mass is 10.3. The molecule has 0 aliphatic heterocycles. The van der Waals surface area contributed by atoms with E-state index in [9.17, 15) is 28.1 Å². The number of rotatable bonds is 6. The molecule has 0 radical (unpaired) electrons. The van der Waals surface area contributed by atoms with E-state index in [2.05, 4.69) is 4.74 Å². The van der Waals surface area contributed by atoms with Gasteiger partial charge in [-0.3, -0.25) is 14.9 Å². The first-order valence-electron chi connectivity index (χ1n) is 5.48. The third-order valence-electron chi connectivity index (χ3n) is 2.06. The Morgan fingerprint density at radius 1 is 1.38 bits per heavy atom. The first-order chi connectivity index (χ1) is 9.69. The molecule has 0 atom stereocenters. The summed E-state index contributed by atoms with van der Waals surface area (Å²) in [6.07, 6.45) is -4.86. The number of hydrogen-bond acceptors (Lipinski definition) is 5. The highest BCUT2D eigenvalue weighted by Gasteiger charge is 2.27. The largest absolute Gasteiger partial charge is 0.426 e. The summed E-state index contributed by atoms with van der Waals surface area (Å²) < 4.78 is 44.3. The van der Waals surface area contributed by atoms with Gasteiger partial charge in [-0.05, 0) is 6.07 Å². The average molecular weight is 328 g/mol. The summed E-state index contributed by atoms with van der Waals surface area (Å²) in [5.41, 5.74) is -0.357. The minimum absolute atomic E-state index is 0.0496. The van der Waals surface area contributed by atoms with Crippen molar-refractivity contribution in [3.63, 3.8) is 0 Å². The van der Waals surface area contributed by atoms with Gasteiger partial charge in [0.2, 0.25) is 0 Å². The lowest BCUT2D eigenvalue weighted by Crippen LogP contribution is -2.19. The lowest BCUT2D eigenvalue weighted by molar-refractivity contribution is -0.384. The van der Waals surface area contributed by atoms with Gasteiger partial charge in [-0.2, -0.15) is 13.2 Å². The van der Waals surface area contributed by atoms with Crippen LogP contribution in [0, 0.1) is 10.1 Å². The predicted molar refractivity (Wildman–Crippen MR) is 65.2 cm³/mol. The van der Waals surface area contributed by atoms with Crippen molar-refractivity contribution >= 4 is 23.3 Å². The molecule has 1 rings (SSSR count). The second-order valence-electron chi connectivity index (χ2n) is 3.76. The van der Waals surface area contributed by atoms with Crippen LogP contribution >= 0.6 is 11.6 Å². The summed E-state index contributed by atoms with van der Waals surface area (Å²) >= 11 is 5.60. The molecule has 0 heterocycles. The highest BCUT2D eigenvalue weighted by atomic mass is 35.5. The molecule has 1 aromatic rings. The number of nitrogens with zero attached hydrogens (tertiary/aromatic N) is 1. The van der Waals surface area contributed by atoms with Crippen molar-refractivity contribution in [3.05, 3.63) is 33.3 Å². The molecule has 21 heavy (non-hydrogen) atoms. The Bertz CT molecular complexity index is 535. The monoisotopic (exact) mass is 327 g/mol. The van der Waals surface area contributed by atoms with Gasteiger partial charge in [0.15, 0.2) is 0 Å². The van der Waals surface area contributed by atoms with Crippen molar-refractivity contribution in [3.8, 4) is 5.75 Å². The zero-order valence-electron chi connectivity index (χ0n) is 10.4. The highest BCUT2D eigenvalue weighted by molar-refractivity contribution is 6.32. The number of esters is 1. The van der Waals surface area contributed by atoms with Gasteiger partial charge in [0, 0.05) is 12.1 Å². The van der Waals surface area contributed by atoms with Gasteiger partial charge in [0.05, 0.1) is 18.0 Å². The number of hydrogen-bond donors (Lipinski definition) is 0. The molecule has 0 saturated heterocycles. The first-order valence-corrected chi connectivity index (χ1v) is 5.86. The fourth-order valence-corrected chi connectivity index (χ4v) is 1.46. The van der Waals surface area contributed by atoms with Crippen LogP contribution < -0.4 is 4.74 Å². The standard InChI is InChI=1S/C11H9ClF3NO5/c12-8-5-7(1-2-9(8)16(18)19)21-10(17)3-4-20-6-11(13,14)15/h1-2,5H,3-4,6H2. The molecule has 6 nitrogen and oxygen atoms in total. The molecule has 0 bridgehead atoms. The fraction of sp³-hybridized carbons (Fsp3) is 0.364. The molecule has 0 fully saturated rings. The molecule has 0 amide bonds. The van der Waals surface area contributed by atoms with Gasteiger partial charge >= 0.3 is 12.1 Å². The van der Waals surface area contributed by atoms with Gasteiger partial charge in [-0.1, -0.05) is 11.6 Å². The van der Waals surface area contributed by atoms with Crippen LogP contribution in [0.1, 0.15) is 6.42 Å². The summed E-state index contributed by atoms with van der Waals surface area (Å²) in [4.78, 5) is 21.1. The van der Waals surface area contributed by atoms with E-state index >= 15 is 0 Å². The Morgan fingerprint density at radius 2 is 2.05 bits per heavy atom. The maximum atomic E-state index is 11.8. The number of nitro benzene ring substituents is 1. The van der Waals surface area contributed by atoms with E-state index in [-0.39, 0.29) is 16.5 Å². The zero-order valence-corrected chi connectivity index (χ0v) is 11.1. The van der Waals surface area contributed by atoms with Crippen molar-refractivity contribution in [2.45, 2.75) is 12.6 Å². The third kappa shape index (κ3) is 6.41. The second kappa shape index (κ2) is 7.23. The SMILES string of the molecule is O=C(CCOCC(F)(F)F)Oc1ccc([N+](=O)[O-])c(Cl)c1. The normalized spacial score (nSPS) is 11.2. The smallest absolute Gasteiger partial charge is 0.411 e. The molecule has 0 unspecified atom stereocenters. The average Bonchev–Trinajstić information content (AvgIpc) is 2.33. The molecule has 0 spiro atoms. The maximum absolute atomic E-state index is 11.8. The van der Waals surface area contributed by atoms with Gasteiger partial charge in [0.25, 0.3) is 5.69 Å². The molecule has 0 N–H and O–H groups in total. The Labute approximate surface area is 121 Å². The minimum atomic E-state index is -4.46. The molecule has 0 aliphatic rings. The van der Waals surface area contributed by atoms with E-state index in [1.165, 1.54) is 0 Å². The number of alkyl halides is 3. The van der Waals surface area contributed by atoms with Crippen LogP contribution in [0.2, 0.25) is 5.02 Å². The molecule has 116 valence electrons. The van der Waals surface area contributed by atoms with E-state index in [0.29, 0.717) is 0 Å². The van der Waals surface area contributed by atoms with Crippen molar-refractivity contribution in [1.29, 1.82) is 0 Å². The molecule has 0 aliphatic carbocycles. The molecule has 1 aromatic carbocycles. The Morgan fingerprint density at radius 3 is 2.57 bits per heavy atom. The minimum Gasteiger partial charge on any atom is -0.426 e. The van der Waals surface area contributed by atoms with Crippen molar-refractivity contribution in [2.24, 2.45) is 0 Å². The lowest BCUT2D eigenvalue weighted by Gasteiger charge is -2.07. The van der Waals surface area contributed by atoms with E-state index in [0.717, 1.165) is 18.2 Å². The number of nitro groups is 1. The highest BCUT2D eigenvalue weighted by Crippen LogP contribution is 2.28. The van der Waals surface area contributed by atoms with Crippen molar-refractivity contribution in [2.75, 3.05) is 13.2 Å². The Balaban J connectivity index is 2.45. The molecular weight excluding hydrogens is 319 g/mol. The van der Waals surface area contributed by atoms with Gasteiger partial charge in [-0.15, -0.1) is 0 Å². The van der Waals surface area contributed by atoms with Crippen LogP contribution in [-0.4, -0.2) is 30.3 Å². The van der Waals surface area contributed by atoms with E-state index in [1.807, 2.05) is 0 Å². The molecule has 0 aromatic heterocycles. The van der Waals surface area contributed by atoms with Crippen LogP contribution in [0.25, 0.3) is 0 Å². The summed E-state index contributed by atoms with van der Waals surface area (Å²) in [6.45, 7) is -1.91. The summed E-state index contributed by atoms with van der Waals surface area (Å²) in [7, 11) is 0. The van der Waals surface area contributed by atoms with Crippen LogP contribution in [0.3, 0.4) is 0 Å². The van der Waals surface area contributed by atoms with Gasteiger partial charge < -0.3 is 9.47 Å². The number of ether oxygens (including phenoxy) is 2. The quantitative estimate of drug-likeness (QED) is 0.264. The van der Waals surface area contributed by atoms with Crippen molar-refractivity contribution in [1.82, 2.24) is 0 Å². The second-order valence-corrected chi connectivity index (χ2v) is 4.17. The molecule has 0 saturated carbocycles. The first kappa shape index (κ1) is 17.2. The summed E-state index contributed by atoms with van der Waals surface area (Å²) in [5.74, 6) is -0.895. The van der Waals surface area contributed by atoms with Crippen LogP contribution in [0.5, 0.6) is 5.75 Å². The number of carbonyl (C=O) groups is 1. The Kier molecular flexibility index (Phi) is 5.91. The third-order valence-corrected chi connectivity index (χ3v) is 2.37.